The predicted molar refractivity (Wildman–Crippen MR) is 110 cm³/mol. The normalized spacial score (nSPS) is 15.8. The second-order valence-electron chi connectivity index (χ2n) is 7.11. The van der Waals surface area contributed by atoms with Gasteiger partial charge < -0.3 is 19.5 Å². The van der Waals surface area contributed by atoms with Gasteiger partial charge in [0.2, 0.25) is 0 Å². The van der Waals surface area contributed by atoms with E-state index in [1.54, 1.807) is 11.8 Å². The maximum atomic E-state index is 12.6. The van der Waals surface area contributed by atoms with E-state index in [2.05, 4.69) is 44.6 Å². The predicted octanol–water partition coefficient (Wildman–Crippen LogP) is 2.93. The van der Waals surface area contributed by atoms with Crippen molar-refractivity contribution in [3.63, 3.8) is 0 Å². The molecule has 1 aliphatic rings. The zero-order valence-electron chi connectivity index (χ0n) is 16.3. The van der Waals surface area contributed by atoms with E-state index >= 15 is 0 Å². The Kier molecular flexibility index (Phi) is 5.21. The van der Waals surface area contributed by atoms with Crippen molar-refractivity contribution >= 4 is 28.4 Å². The molecule has 0 radical (unpaired) electrons. The number of nitrogens with zero attached hydrogens (tertiary/aromatic N) is 4. The molecular formula is C20H26N6O2. The minimum absolute atomic E-state index is 0.107. The smallest absolute Gasteiger partial charge is 0.323 e. The molecule has 8 heteroatoms. The van der Waals surface area contributed by atoms with Gasteiger partial charge in [0.1, 0.15) is 0 Å². The second kappa shape index (κ2) is 7.93. The molecule has 148 valence electrons. The number of nitrogens with one attached hydrogen (secondary N) is 2. The molecule has 1 atom stereocenters. The molecule has 2 N–H and O–H groups in total. The van der Waals surface area contributed by atoms with E-state index in [4.69, 9.17) is 4.74 Å². The van der Waals surface area contributed by atoms with Gasteiger partial charge in [-0.3, -0.25) is 10.00 Å². The summed E-state index contributed by atoms with van der Waals surface area (Å²) in [4.78, 5) is 20.0. The van der Waals surface area contributed by atoms with Gasteiger partial charge in [0, 0.05) is 68.3 Å². The summed E-state index contributed by atoms with van der Waals surface area (Å²) >= 11 is 0. The molecule has 1 saturated heterocycles. The average molecular weight is 382 g/mol. The quantitative estimate of drug-likeness (QED) is 0.711. The highest BCUT2D eigenvalue weighted by Crippen LogP contribution is 2.27. The fourth-order valence-corrected chi connectivity index (χ4v) is 3.65. The lowest BCUT2D eigenvalue weighted by atomic mass is 10.2. The second-order valence-corrected chi connectivity index (χ2v) is 7.11. The number of rotatable bonds is 5. The molecule has 28 heavy (non-hydrogen) atoms. The van der Waals surface area contributed by atoms with Crippen LogP contribution in [0.25, 0.3) is 10.9 Å². The molecule has 4 rings (SSSR count). The molecule has 3 aromatic rings. The molecule has 2 aromatic heterocycles. The van der Waals surface area contributed by atoms with E-state index in [1.807, 2.05) is 30.3 Å². The standard InChI is InChI=1S/C20H26N6O2/c1-15(14-28-2)26-9-7-19(23-26)22-20(27)25-12-10-24(11-13-25)18-5-3-4-17-16(18)6-8-21-17/h3-9,15,21H,10-14H2,1-2H3,(H,22,23,27). The fraction of sp³-hybridized carbons (Fsp3) is 0.400. The Morgan fingerprint density at radius 3 is 2.86 bits per heavy atom. The monoisotopic (exact) mass is 382 g/mol. The number of benzene rings is 1. The van der Waals surface area contributed by atoms with Crippen molar-refractivity contribution in [1.82, 2.24) is 19.7 Å². The number of carbonyl (C=O) groups excluding carboxylic acids is 1. The van der Waals surface area contributed by atoms with Crippen LogP contribution in [0.1, 0.15) is 13.0 Å². The Morgan fingerprint density at radius 1 is 1.25 bits per heavy atom. The number of fused-ring (bicyclic) bond motifs is 1. The van der Waals surface area contributed by atoms with Crippen LogP contribution < -0.4 is 10.2 Å². The number of hydrogen-bond donors (Lipinski definition) is 2. The number of methoxy groups -OCH3 is 1. The van der Waals surface area contributed by atoms with Crippen molar-refractivity contribution < 1.29 is 9.53 Å². The molecule has 2 amide bonds. The van der Waals surface area contributed by atoms with Crippen LogP contribution in [0.5, 0.6) is 0 Å². The first-order valence-electron chi connectivity index (χ1n) is 9.57. The van der Waals surface area contributed by atoms with Gasteiger partial charge in [0.05, 0.1) is 12.6 Å². The van der Waals surface area contributed by atoms with E-state index < -0.39 is 0 Å². The van der Waals surface area contributed by atoms with Gasteiger partial charge >= 0.3 is 6.03 Å². The third-order valence-corrected chi connectivity index (χ3v) is 5.18. The summed E-state index contributed by atoms with van der Waals surface area (Å²) in [6.45, 7) is 5.55. The molecule has 1 aliphatic heterocycles. The van der Waals surface area contributed by atoms with E-state index in [9.17, 15) is 4.79 Å². The summed E-state index contributed by atoms with van der Waals surface area (Å²) in [7, 11) is 1.67. The highest BCUT2D eigenvalue weighted by atomic mass is 16.5. The van der Waals surface area contributed by atoms with Crippen LogP contribution in [0.2, 0.25) is 0 Å². The number of H-pyrrole nitrogens is 1. The lowest BCUT2D eigenvalue weighted by Crippen LogP contribution is -2.50. The summed E-state index contributed by atoms with van der Waals surface area (Å²) in [5.41, 5.74) is 2.35. The minimum atomic E-state index is -0.107. The number of anilines is 2. The number of aromatic nitrogens is 3. The average Bonchev–Trinajstić information content (AvgIpc) is 3.37. The van der Waals surface area contributed by atoms with Gasteiger partial charge in [-0.15, -0.1) is 0 Å². The minimum Gasteiger partial charge on any atom is -0.382 e. The van der Waals surface area contributed by atoms with Gasteiger partial charge in [0.25, 0.3) is 0 Å². The highest BCUT2D eigenvalue weighted by molar-refractivity contribution is 5.93. The molecule has 0 spiro atoms. The maximum absolute atomic E-state index is 12.6. The van der Waals surface area contributed by atoms with Gasteiger partial charge in [-0.2, -0.15) is 5.10 Å². The summed E-state index contributed by atoms with van der Waals surface area (Å²) in [5, 5.41) is 8.54. The SMILES string of the molecule is COCC(C)n1ccc(NC(=O)N2CCN(c3cccc4[nH]ccc34)CC2)n1. The first kappa shape index (κ1) is 18.4. The molecule has 1 fully saturated rings. The summed E-state index contributed by atoms with van der Waals surface area (Å²) in [6.07, 6.45) is 3.82. The Morgan fingerprint density at radius 2 is 2.07 bits per heavy atom. The highest BCUT2D eigenvalue weighted by Gasteiger charge is 2.23. The van der Waals surface area contributed by atoms with Gasteiger partial charge in [-0.1, -0.05) is 6.07 Å². The van der Waals surface area contributed by atoms with Crippen LogP contribution in [0.4, 0.5) is 16.3 Å². The number of aromatic amines is 1. The Bertz CT molecular complexity index is 941. The van der Waals surface area contributed by atoms with Crippen LogP contribution in [-0.4, -0.2) is 65.6 Å². The van der Waals surface area contributed by atoms with Crippen molar-refractivity contribution in [2.75, 3.05) is 50.1 Å². The van der Waals surface area contributed by atoms with Crippen molar-refractivity contribution in [1.29, 1.82) is 0 Å². The molecule has 0 bridgehead atoms. The molecule has 1 unspecified atom stereocenters. The van der Waals surface area contributed by atoms with E-state index in [-0.39, 0.29) is 12.1 Å². The first-order valence-corrected chi connectivity index (χ1v) is 9.57. The molecule has 0 aliphatic carbocycles. The Balaban J connectivity index is 1.35. The van der Waals surface area contributed by atoms with Crippen molar-refractivity contribution in [2.45, 2.75) is 13.0 Å². The summed E-state index contributed by atoms with van der Waals surface area (Å²) < 4.78 is 6.95. The number of ether oxygens (including phenoxy) is 1. The topological polar surface area (TPSA) is 78.4 Å². The molecule has 0 saturated carbocycles. The van der Waals surface area contributed by atoms with Crippen molar-refractivity contribution in [2.24, 2.45) is 0 Å². The number of carbonyl (C=O) groups is 1. The zero-order chi connectivity index (χ0) is 19.5. The van der Waals surface area contributed by atoms with E-state index in [0.29, 0.717) is 25.5 Å². The summed E-state index contributed by atoms with van der Waals surface area (Å²) in [5.74, 6) is 0.562. The largest absolute Gasteiger partial charge is 0.382 e. The van der Waals surface area contributed by atoms with Crippen LogP contribution >= 0.6 is 0 Å². The van der Waals surface area contributed by atoms with E-state index in [0.717, 1.165) is 18.6 Å². The van der Waals surface area contributed by atoms with Gasteiger partial charge in [0.15, 0.2) is 5.82 Å². The van der Waals surface area contributed by atoms with Crippen LogP contribution in [0.15, 0.2) is 42.7 Å². The van der Waals surface area contributed by atoms with Crippen LogP contribution in [-0.2, 0) is 4.74 Å². The lowest BCUT2D eigenvalue weighted by Gasteiger charge is -2.36. The number of hydrogen-bond acceptors (Lipinski definition) is 4. The first-order chi connectivity index (χ1) is 13.7. The molecule has 8 nitrogen and oxygen atoms in total. The van der Waals surface area contributed by atoms with Gasteiger partial charge in [-0.25, -0.2) is 4.79 Å². The number of piperazine rings is 1. The fourth-order valence-electron chi connectivity index (χ4n) is 3.65. The number of urea groups is 1. The molecular weight excluding hydrogens is 356 g/mol. The summed E-state index contributed by atoms with van der Waals surface area (Å²) in [6, 6.07) is 10.2. The Hall–Kier alpha value is -3.00. The molecule has 3 heterocycles. The van der Waals surface area contributed by atoms with Crippen LogP contribution in [0.3, 0.4) is 0 Å². The zero-order valence-corrected chi connectivity index (χ0v) is 16.3. The van der Waals surface area contributed by atoms with E-state index in [1.165, 1.54) is 11.1 Å². The van der Waals surface area contributed by atoms with Gasteiger partial charge in [-0.05, 0) is 25.1 Å². The Labute approximate surface area is 164 Å². The van der Waals surface area contributed by atoms with Crippen molar-refractivity contribution in [3.8, 4) is 0 Å². The van der Waals surface area contributed by atoms with Crippen molar-refractivity contribution in [3.05, 3.63) is 42.7 Å². The maximum Gasteiger partial charge on any atom is 0.323 e. The molecule has 1 aromatic carbocycles. The lowest BCUT2D eigenvalue weighted by molar-refractivity contribution is 0.157. The third kappa shape index (κ3) is 3.68. The number of amides is 2. The van der Waals surface area contributed by atoms with Crippen LogP contribution in [0, 0.1) is 0 Å². The third-order valence-electron chi connectivity index (χ3n) is 5.18.